The molecule has 2 N–H and O–H groups in total. The van der Waals surface area contributed by atoms with Gasteiger partial charge >= 0.3 is 11.9 Å². The summed E-state index contributed by atoms with van der Waals surface area (Å²) in [7, 11) is -4.06. The van der Waals surface area contributed by atoms with E-state index in [0.29, 0.717) is 0 Å². The molecular weight excluding hydrogens is 310 g/mol. The monoisotopic (exact) mass is 329 g/mol. The highest BCUT2D eigenvalue weighted by molar-refractivity contribution is 7.89. The fourth-order valence-corrected chi connectivity index (χ4v) is 3.09. The molecule has 0 aliphatic carbocycles. The Hall–Kier alpha value is -1.93. The van der Waals surface area contributed by atoms with Crippen LogP contribution >= 0.6 is 0 Å². The highest BCUT2D eigenvalue weighted by atomic mass is 32.2. The number of carbonyl (C=O) groups excluding carboxylic acids is 1. The standard InChI is InChI=1S/C14H19NO6S/c1-4-21-14(18)10-6-5-7-11(8-10)22(19,20)15-12(9(2)3)13(16)17/h5-9,12,15H,4H2,1-3H3,(H,16,17)/t12-/m1/s1. The van der Waals surface area contributed by atoms with E-state index in [1.165, 1.54) is 18.2 Å². The molecule has 122 valence electrons. The van der Waals surface area contributed by atoms with E-state index in [4.69, 9.17) is 9.84 Å². The summed E-state index contributed by atoms with van der Waals surface area (Å²) in [6, 6.07) is 4.00. The number of benzene rings is 1. The van der Waals surface area contributed by atoms with Gasteiger partial charge in [-0.3, -0.25) is 4.79 Å². The van der Waals surface area contributed by atoms with Crippen LogP contribution in [-0.4, -0.2) is 38.1 Å². The van der Waals surface area contributed by atoms with Gasteiger partial charge in [0, 0.05) is 0 Å². The van der Waals surface area contributed by atoms with Crippen molar-refractivity contribution in [2.24, 2.45) is 5.92 Å². The molecule has 0 amide bonds. The third-order valence-electron chi connectivity index (χ3n) is 2.87. The zero-order chi connectivity index (χ0) is 16.9. The minimum absolute atomic E-state index is 0.0844. The lowest BCUT2D eigenvalue weighted by Crippen LogP contribution is -2.44. The normalized spacial score (nSPS) is 12.9. The van der Waals surface area contributed by atoms with Gasteiger partial charge < -0.3 is 9.84 Å². The first-order valence-electron chi connectivity index (χ1n) is 6.71. The van der Waals surface area contributed by atoms with Crippen LogP contribution in [0, 0.1) is 5.92 Å². The molecule has 22 heavy (non-hydrogen) atoms. The van der Waals surface area contributed by atoms with Crippen LogP contribution in [-0.2, 0) is 19.6 Å². The van der Waals surface area contributed by atoms with Gasteiger partial charge in [0.25, 0.3) is 0 Å². The molecule has 7 nitrogen and oxygen atoms in total. The maximum absolute atomic E-state index is 12.3. The van der Waals surface area contributed by atoms with E-state index >= 15 is 0 Å². The van der Waals surface area contributed by atoms with Crippen molar-refractivity contribution in [3.63, 3.8) is 0 Å². The number of hydrogen-bond donors (Lipinski definition) is 2. The van der Waals surface area contributed by atoms with Gasteiger partial charge in [0.05, 0.1) is 17.1 Å². The molecule has 0 aliphatic heterocycles. The molecule has 0 bridgehead atoms. The van der Waals surface area contributed by atoms with Gasteiger partial charge in [-0.05, 0) is 31.0 Å². The van der Waals surface area contributed by atoms with Crippen LogP contribution in [0.5, 0.6) is 0 Å². The summed E-state index contributed by atoms with van der Waals surface area (Å²) < 4.78 is 31.4. The molecule has 0 aliphatic rings. The van der Waals surface area contributed by atoms with Crippen molar-refractivity contribution >= 4 is 22.0 Å². The van der Waals surface area contributed by atoms with Crippen molar-refractivity contribution in [1.82, 2.24) is 4.72 Å². The summed E-state index contributed by atoms with van der Waals surface area (Å²) in [4.78, 5) is 22.6. The average Bonchev–Trinajstić information content (AvgIpc) is 2.44. The first-order valence-corrected chi connectivity index (χ1v) is 8.19. The number of ether oxygens (including phenoxy) is 1. The van der Waals surface area contributed by atoms with Gasteiger partial charge in [-0.25, -0.2) is 13.2 Å². The Balaban J connectivity index is 3.10. The highest BCUT2D eigenvalue weighted by Gasteiger charge is 2.28. The maximum Gasteiger partial charge on any atom is 0.338 e. The Morgan fingerprint density at radius 1 is 1.32 bits per heavy atom. The summed E-state index contributed by atoms with van der Waals surface area (Å²) in [5, 5.41) is 9.07. The molecule has 0 saturated heterocycles. The van der Waals surface area contributed by atoms with Crippen molar-refractivity contribution in [3.8, 4) is 0 Å². The summed E-state index contributed by atoms with van der Waals surface area (Å²) in [6.07, 6.45) is 0. The molecule has 0 spiro atoms. The average molecular weight is 329 g/mol. The molecule has 8 heteroatoms. The second-order valence-electron chi connectivity index (χ2n) is 4.93. The molecule has 0 radical (unpaired) electrons. The third kappa shape index (κ3) is 4.54. The lowest BCUT2D eigenvalue weighted by Gasteiger charge is -2.18. The summed E-state index contributed by atoms with van der Waals surface area (Å²) in [5.74, 6) is -2.33. The Labute approximate surface area is 129 Å². The first kappa shape index (κ1) is 18.1. The van der Waals surface area contributed by atoms with Crippen molar-refractivity contribution in [2.45, 2.75) is 31.7 Å². The minimum Gasteiger partial charge on any atom is -0.480 e. The van der Waals surface area contributed by atoms with E-state index in [0.717, 1.165) is 6.07 Å². The Morgan fingerprint density at radius 2 is 1.95 bits per heavy atom. The van der Waals surface area contributed by atoms with Gasteiger partial charge in [0.1, 0.15) is 6.04 Å². The highest BCUT2D eigenvalue weighted by Crippen LogP contribution is 2.14. The summed E-state index contributed by atoms with van der Waals surface area (Å²) in [6.45, 7) is 5.00. The second kappa shape index (κ2) is 7.37. The van der Waals surface area contributed by atoms with Crippen LogP contribution in [0.2, 0.25) is 0 Å². The van der Waals surface area contributed by atoms with Crippen LogP contribution < -0.4 is 4.72 Å². The summed E-state index contributed by atoms with van der Waals surface area (Å²) in [5.41, 5.74) is 0.0844. The fourth-order valence-electron chi connectivity index (χ4n) is 1.71. The summed E-state index contributed by atoms with van der Waals surface area (Å²) >= 11 is 0. The zero-order valence-corrected chi connectivity index (χ0v) is 13.4. The smallest absolute Gasteiger partial charge is 0.338 e. The van der Waals surface area contributed by atoms with Crippen molar-refractivity contribution < 1.29 is 27.9 Å². The van der Waals surface area contributed by atoms with E-state index < -0.39 is 33.9 Å². The molecule has 0 saturated carbocycles. The van der Waals surface area contributed by atoms with E-state index in [1.807, 2.05) is 0 Å². The molecule has 0 heterocycles. The number of hydrogen-bond acceptors (Lipinski definition) is 5. The topological polar surface area (TPSA) is 110 Å². The maximum atomic E-state index is 12.3. The van der Waals surface area contributed by atoms with E-state index in [1.54, 1.807) is 20.8 Å². The van der Waals surface area contributed by atoms with Crippen LogP contribution in [0.15, 0.2) is 29.2 Å². The molecule has 0 aromatic heterocycles. The Bertz CT molecular complexity index is 653. The number of rotatable bonds is 7. The lowest BCUT2D eigenvalue weighted by atomic mass is 10.1. The molecule has 1 aromatic carbocycles. The lowest BCUT2D eigenvalue weighted by molar-refractivity contribution is -0.140. The molecule has 1 aromatic rings. The van der Waals surface area contributed by atoms with Crippen molar-refractivity contribution in [3.05, 3.63) is 29.8 Å². The first-order chi connectivity index (χ1) is 10.2. The number of sulfonamides is 1. The molecule has 1 rings (SSSR count). The van der Waals surface area contributed by atoms with E-state index in [2.05, 4.69) is 4.72 Å². The van der Waals surface area contributed by atoms with Crippen molar-refractivity contribution in [2.75, 3.05) is 6.61 Å². The zero-order valence-electron chi connectivity index (χ0n) is 12.6. The number of nitrogens with one attached hydrogen (secondary N) is 1. The van der Waals surface area contributed by atoms with Gasteiger partial charge in [0.15, 0.2) is 0 Å². The van der Waals surface area contributed by atoms with E-state index in [9.17, 15) is 18.0 Å². The number of carbonyl (C=O) groups is 2. The van der Waals surface area contributed by atoms with Gasteiger partial charge in [-0.15, -0.1) is 0 Å². The number of carboxylic acid groups (broad SMARTS) is 1. The number of aliphatic carboxylic acids is 1. The van der Waals surface area contributed by atoms with E-state index in [-0.39, 0.29) is 17.1 Å². The van der Waals surface area contributed by atoms with Crippen LogP contribution in [0.3, 0.4) is 0 Å². The third-order valence-corrected chi connectivity index (χ3v) is 4.31. The van der Waals surface area contributed by atoms with Crippen LogP contribution in [0.25, 0.3) is 0 Å². The molecule has 0 unspecified atom stereocenters. The number of carboxylic acids is 1. The largest absolute Gasteiger partial charge is 0.480 e. The second-order valence-corrected chi connectivity index (χ2v) is 6.64. The molecule has 0 fully saturated rings. The Kier molecular flexibility index (Phi) is 6.07. The molecule has 1 atom stereocenters. The van der Waals surface area contributed by atoms with Crippen LogP contribution in [0.1, 0.15) is 31.1 Å². The van der Waals surface area contributed by atoms with Gasteiger partial charge in [-0.2, -0.15) is 4.72 Å². The van der Waals surface area contributed by atoms with Crippen LogP contribution in [0.4, 0.5) is 0 Å². The quantitative estimate of drug-likeness (QED) is 0.729. The number of esters is 1. The SMILES string of the molecule is CCOC(=O)c1cccc(S(=O)(=O)N[C@@H](C(=O)O)C(C)C)c1. The van der Waals surface area contributed by atoms with Gasteiger partial charge in [-0.1, -0.05) is 19.9 Å². The fraction of sp³-hybridized carbons (Fsp3) is 0.429. The molecular formula is C14H19NO6S. The predicted molar refractivity (Wildman–Crippen MR) is 79.0 cm³/mol. The minimum atomic E-state index is -4.06. The Morgan fingerprint density at radius 3 is 2.45 bits per heavy atom. The van der Waals surface area contributed by atoms with Gasteiger partial charge in [0.2, 0.25) is 10.0 Å². The van der Waals surface area contributed by atoms with Crippen molar-refractivity contribution in [1.29, 1.82) is 0 Å². The predicted octanol–water partition coefficient (Wildman–Crippen LogP) is 1.25.